The third kappa shape index (κ3) is 2.71. The van der Waals surface area contributed by atoms with E-state index >= 15 is 0 Å². The average molecular weight is 342 g/mol. The number of nitrogens with zero attached hydrogens (tertiary/aromatic N) is 2. The van der Waals surface area contributed by atoms with Gasteiger partial charge in [-0.15, -0.1) is 11.3 Å². The van der Waals surface area contributed by atoms with Crippen LogP contribution in [0.1, 0.15) is 47.5 Å². The van der Waals surface area contributed by atoms with Crippen LogP contribution in [0.25, 0.3) is 0 Å². The number of carbonyl (C=O) groups is 1. The van der Waals surface area contributed by atoms with Gasteiger partial charge in [-0.2, -0.15) is 0 Å². The van der Waals surface area contributed by atoms with Gasteiger partial charge in [-0.3, -0.25) is 4.79 Å². The second-order valence-electron chi connectivity index (χ2n) is 6.67. The fourth-order valence-corrected chi connectivity index (χ4v) is 4.53. The van der Waals surface area contributed by atoms with E-state index in [9.17, 15) is 4.79 Å². The molecule has 3 atom stereocenters. The van der Waals surface area contributed by atoms with Crippen LogP contribution in [-0.4, -0.2) is 29.4 Å². The summed E-state index contributed by atoms with van der Waals surface area (Å²) in [6, 6.07) is 8.23. The van der Waals surface area contributed by atoms with Crippen molar-refractivity contribution < 1.29 is 9.53 Å². The van der Waals surface area contributed by atoms with E-state index in [1.54, 1.807) is 18.4 Å². The number of amides is 1. The minimum Gasteiger partial charge on any atom is -0.496 e. The highest BCUT2D eigenvalue weighted by Gasteiger charge is 2.48. The number of aromatic nitrogens is 1. The average Bonchev–Trinajstić information content (AvgIpc) is 3.02. The lowest BCUT2D eigenvalue weighted by atomic mass is 10.1. The van der Waals surface area contributed by atoms with Crippen LogP contribution in [0.5, 0.6) is 5.75 Å². The molecule has 5 heteroatoms. The molecule has 1 aliphatic carbocycles. The number of hydrogen-bond acceptors (Lipinski definition) is 4. The number of rotatable bonds is 4. The number of carbonyl (C=O) groups excluding carboxylic acids is 1. The normalized spacial score (nSPS) is 25.8. The summed E-state index contributed by atoms with van der Waals surface area (Å²) in [4.78, 5) is 19.7. The van der Waals surface area contributed by atoms with Gasteiger partial charge in [0, 0.05) is 17.8 Å². The first-order valence-corrected chi connectivity index (χ1v) is 9.42. The molecule has 0 radical (unpaired) electrons. The molecule has 0 spiro atoms. The molecule has 1 aromatic heterocycles. The van der Waals surface area contributed by atoms with Crippen molar-refractivity contribution in [1.29, 1.82) is 0 Å². The van der Waals surface area contributed by atoms with Crippen molar-refractivity contribution in [3.05, 3.63) is 45.9 Å². The van der Waals surface area contributed by atoms with E-state index < -0.39 is 0 Å². The van der Waals surface area contributed by atoms with E-state index in [-0.39, 0.29) is 12.0 Å². The Morgan fingerprint density at radius 2 is 2.21 bits per heavy atom. The van der Waals surface area contributed by atoms with Gasteiger partial charge in [-0.1, -0.05) is 18.2 Å². The number of methoxy groups -OCH3 is 1. The third-order valence-electron chi connectivity index (χ3n) is 5.16. The molecule has 0 bridgehead atoms. The van der Waals surface area contributed by atoms with Gasteiger partial charge in [0.15, 0.2) is 0 Å². The fraction of sp³-hybridized carbons (Fsp3) is 0.474. The summed E-state index contributed by atoms with van der Waals surface area (Å²) in [7, 11) is 1.69. The minimum atomic E-state index is 0.0987. The summed E-state index contributed by atoms with van der Waals surface area (Å²) in [5.41, 5.74) is 2.23. The van der Waals surface area contributed by atoms with Gasteiger partial charge in [0.25, 0.3) is 0 Å². The van der Waals surface area contributed by atoms with Crippen molar-refractivity contribution in [1.82, 2.24) is 9.88 Å². The van der Waals surface area contributed by atoms with E-state index in [1.807, 2.05) is 25.1 Å². The Balaban J connectivity index is 1.50. The first-order valence-electron chi connectivity index (χ1n) is 8.54. The van der Waals surface area contributed by atoms with Crippen molar-refractivity contribution in [2.45, 2.75) is 38.1 Å². The molecule has 1 amide bonds. The Morgan fingerprint density at radius 3 is 2.96 bits per heavy atom. The first kappa shape index (κ1) is 15.6. The summed E-state index contributed by atoms with van der Waals surface area (Å²) < 4.78 is 5.46. The standard InChI is InChI=1S/C19H22N2O2S/c1-12-20-16(11-24-12)17-7-5-9-21(17)19(22)15-10-14(15)13-6-3-4-8-18(13)23-2/h3-4,6,8,11,14-15,17H,5,7,9-10H2,1-2H3/t14-,15+,17+/m0/s1. The van der Waals surface area contributed by atoms with E-state index in [0.717, 1.165) is 42.3 Å². The molecule has 1 aromatic carbocycles. The van der Waals surface area contributed by atoms with Crippen molar-refractivity contribution in [3.63, 3.8) is 0 Å². The molecular formula is C19H22N2O2S. The number of aryl methyl sites for hydroxylation is 1. The Hall–Kier alpha value is -1.88. The quantitative estimate of drug-likeness (QED) is 0.845. The first-order chi connectivity index (χ1) is 11.7. The van der Waals surface area contributed by atoms with Gasteiger partial charge >= 0.3 is 0 Å². The molecule has 24 heavy (non-hydrogen) atoms. The second-order valence-corrected chi connectivity index (χ2v) is 7.73. The Bertz CT molecular complexity index is 757. The predicted octanol–water partition coefficient (Wildman–Crippen LogP) is 3.93. The zero-order chi connectivity index (χ0) is 16.7. The van der Waals surface area contributed by atoms with Crippen LogP contribution >= 0.6 is 11.3 Å². The molecule has 1 aliphatic heterocycles. The zero-order valence-electron chi connectivity index (χ0n) is 14.1. The van der Waals surface area contributed by atoms with Crippen LogP contribution in [0.3, 0.4) is 0 Å². The highest BCUT2D eigenvalue weighted by atomic mass is 32.1. The molecular weight excluding hydrogens is 320 g/mol. The van der Waals surface area contributed by atoms with Gasteiger partial charge in [0.05, 0.1) is 23.9 Å². The number of hydrogen-bond donors (Lipinski definition) is 0. The molecule has 4 nitrogen and oxygen atoms in total. The summed E-state index contributed by atoms with van der Waals surface area (Å²) in [6.45, 7) is 2.88. The molecule has 0 unspecified atom stereocenters. The third-order valence-corrected chi connectivity index (χ3v) is 5.95. The topological polar surface area (TPSA) is 42.4 Å². The van der Waals surface area contributed by atoms with Crippen molar-refractivity contribution in [3.8, 4) is 5.75 Å². The molecule has 4 rings (SSSR count). The molecule has 1 saturated heterocycles. The smallest absolute Gasteiger partial charge is 0.226 e. The number of thiazole rings is 1. The summed E-state index contributed by atoms with van der Waals surface area (Å²) in [5.74, 6) is 1.58. The SMILES string of the molecule is COc1ccccc1[C@@H]1C[C@H]1C(=O)N1CCC[C@@H]1c1csc(C)n1. The Labute approximate surface area is 146 Å². The van der Waals surface area contributed by atoms with Crippen LogP contribution in [0.4, 0.5) is 0 Å². The van der Waals surface area contributed by atoms with E-state index in [4.69, 9.17) is 4.74 Å². The van der Waals surface area contributed by atoms with Gasteiger partial charge in [0.2, 0.25) is 5.91 Å². The van der Waals surface area contributed by atoms with E-state index in [1.165, 1.54) is 5.56 Å². The number of para-hydroxylation sites is 1. The molecule has 126 valence electrons. The van der Waals surface area contributed by atoms with E-state index in [0.29, 0.717) is 11.8 Å². The fourth-order valence-electron chi connectivity index (χ4n) is 3.87. The lowest BCUT2D eigenvalue weighted by molar-refractivity contribution is -0.133. The molecule has 2 aliphatic rings. The second kappa shape index (κ2) is 6.20. The van der Waals surface area contributed by atoms with Gasteiger partial charge in [-0.05, 0) is 43.7 Å². The largest absolute Gasteiger partial charge is 0.496 e. The highest BCUT2D eigenvalue weighted by molar-refractivity contribution is 7.09. The van der Waals surface area contributed by atoms with Crippen LogP contribution in [0.15, 0.2) is 29.6 Å². The van der Waals surface area contributed by atoms with Crippen LogP contribution in [0.2, 0.25) is 0 Å². The van der Waals surface area contributed by atoms with Crippen LogP contribution < -0.4 is 4.74 Å². The Morgan fingerprint density at radius 1 is 1.38 bits per heavy atom. The molecule has 2 fully saturated rings. The molecule has 0 N–H and O–H groups in total. The molecule has 2 aromatic rings. The lowest BCUT2D eigenvalue weighted by Gasteiger charge is -2.23. The number of ether oxygens (including phenoxy) is 1. The monoisotopic (exact) mass is 342 g/mol. The highest BCUT2D eigenvalue weighted by Crippen LogP contribution is 2.52. The van der Waals surface area contributed by atoms with Crippen molar-refractivity contribution in [2.24, 2.45) is 5.92 Å². The summed E-state index contributed by atoms with van der Waals surface area (Å²) in [6.07, 6.45) is 3.03. The van der Waals surface area contributed by atoms with Crippen molar-refractivity contribution >= 4 is 17.2 Å². The molecule has 2 heterocycles. The van der Waals surface area contributed by atoms with Crippen molar-refractivity contribution in [2.75, 3.05) is 13.7 Å². The number of likely N-dealkylation sites (tertiary alicyclic amines) is 1. The Kier molecular flexibility index (Phi) is 4.04. The zero-order valence-corrected chi connectivity index (χ0v) is 14.9. The maximum atomic E-state index is 13.0. The van der Waals surface area contributed by atoms with E-state index in [2.05, 4.69) is 21.3 Å². The maximum absolute atomic E-state index is 13.0. The van der Waals surface area contributed by atoms with Gasteiger partial charge in [0.1, 0.15) is 5.75 Å². The van der Waals surface area contributed by atoms with Gasteiger partial charge in [-0.25, -0.2) is 4.98 Å². The van der Waals surface area contributed by atoms with Gasteiger partial charge < -0.3 is 9.64 Å². The predicted molar refractivity (Wildman–Crippen MR) is 94.4 cm³/mol. The number of benzene rings is 1. The lowest BCUT2D eigenvalue weighted by Crippen LogP contribution is -2.32. The summed E-state index contributed by atoms with van der Waals surface area (Å²) >= 11 is 1.67. The minimum absolute atomic E-state index is 0.0987. The maximum Gasteiger partial charge on any atom is 0.226 e. The van der Waals surface area contributed by atoms with Crippen LogP contribution in [-0.2, 0) is 4.79 Å². The van der Waals surface area contributed by atoms with Crippen LogP contribution in [0, 0.1) is 12.8 Å². The molecule has 1 saturated carbocycles. The summed E-state index contributed by atoms with van der Waals surface area (Å²) in [5, 5.41) is 3.18.